The Morgan fingerprint density at radius 3 is 2.36 bits per heavy atom. The molecule has 5 heteroatoms. The number of ether oxygens (including phenoxy) is 1. The molecule has 4 nitrogen and oxygen atoms in total. The van der Waals surface area contributed by atoms with E-state index in [-0.39, 0.29) is 23.8 Å². The molecule has 0 radical (unpaired) electrons. The van der Waals surface area contributed by atoms with Crippen molar-refractivity contribution in [3.63, 3.8) is 0 Å². The van der Waals surface area contributed by atoms with E-state index < -0.39 is 0 Å². The molecular weight excluding hydrogens is 319 g/mol. The second-order valence-electron chi connectivity index (χ2n) is 6.47. The summed E-state index contributed by atoms with van der Waals surface area (Å²) in [5, 5.41) is 6.28. The summed E-state index contributed by atoms with van der Waals surface area (Å²) in [5.74, 6) is -0.361. The van der Waals surface area contributed by atoms with Crippen molar-refractivity contribution in [3.8, 4) is 0 Å². The molecule has 0 aromatic heterocycles. The Morgan fingerprint density at radius 1 is 1.08 bits per heavy atom. The topological polar surface area (TPSA) is 50.4 Å². The maximum atomic E-state index is 13.3. The highest BCUT2D eigenvalue weighted by Gasteiger charge is 2.34. The van der Waals surface area contributed by atoms with E-state index in [1.54, 1.807) is 12.1 Å². The quantitative estimate of drug-likeness (QED) is 0.876. The lowest BCUT2D eigenvalue weighted by Crippen LogP contribution is -2.49. The molecule has 2 aromatic rings. The molecular formula is C20H23FN2O2. The summed E-state index contributed by atoms with van der Waals surface area (Å²) in [6.07, 6.45) is 1.49. The van der Waals surface area contributed by atoms with Crippen LogP contribution in [-0.2, 0) is 15.1 Å². The van der Waals surface area contributed by atoms with Gasteiger partial charge in [0.1, 0.15) is 5.82 Å². The number of halogens is 1. The molecule has 1 fully saturated rings. The fourth-order valence-electron chi connectivity index (χ4n) is 3.15. The fourth-order valence-corrected chi connectivity index (χ4v) is 3.15. The van der Waals surface area contributed by atoms with Gasteiger partial charge in [-0.25, -0.2) is 4.39 Å². The number of hydrogen-bond acceptors (Lipinski definition) is 3. The van der Waals surface area contributed by atoms with E-state index in [0.717, 1.165) is 29.7 Å². The first kappa shape index (κ1) is 17.6. The number of carbonyl (C=O) groups is 1. The minimum atomic E-state index is -0.365. The second-order valence-corrected chi connectivity index (χ2v) is 6.47. The van der Waals surface area contributed by atoms with Crippen molar-refractivity contribution < 1.29 is 13.9 Å². The standard InChI is InChI=1S/C20H23FN2O2/c1-15-2-8-18(9-3-15)23-19(24)14-22-20(10-12-25-13-11-20)16-4-6-17(21)7-5-16/h2-9,22H,10-14H2,1H3,(H,23,24). The molecule has 2 N–H and O–H groups in total. The van der Waals surface area contributed by atoms with E-state index in [9.17, 15) is 9.18 Å². The number of nitrogens with one attached hydrogen (secondary N) is 2. The Bertz CT molecular complexity index is 707. The van der Waals surface area contributed by atoms with Crippen molar-refractivity contribution in [2.75, 3.05) is 25.1 Å². The molecule has 0 saturated carbocycles. The van der Waals surface area contributed by atoms with Crippen LogP contribution in [0.2, 0.25) is 0 Å². The monoisotopic (exact) mass is 342 g/mol. The van der Waals surface area contributed by atoms with Gasteiger partial charge in [-0.2, -0.15) is 0 Å². The van der Waals surface area contributed by atoms with Gasteiger partial charge in [-0.15, -0.1) is 0 Å². The van der Waals surface area contributed by atoms with E-state index in [4.69, 9.17) is 4.74 Å². The number of carbonyl (C=O) groups excluding carboxylic acids is 1. The Kier molecular flexibility index (Phi) is 5.46. The zero-order valence-electron chi connectivity index (χ0n) is 14.3. The number of aryl methyl sites for hydroxylation is 1. The largest absolute Gasteiger partial charge is 0.381 e. The molecule has 1 aliphatic heterocycles. The number of hydrogen-bond donors (Lipinski definition) is 2. The Balaban J connectivity index is 1.67. The normalized spacial score (nSPS) is 16.4. The first-order valence-corrected chi connectivity index (χ1v) is 8.53. The van der Waals surface area contributed by atoms with E-state index in [0.29, 0.717) is 13.2 Å². The van der Waals surface area contributed by atoms with E-state index in [1.807, 2.05) is 31.2 Å². The lowest BCUT2D eigenvalue weighted by molar-refractivity contribution is -0.116. The van der Waals surface area contributed by atoms with E-state index in [2.05, 4.69) is 10.6 Å². The lowest BCUT2D eigenvalue weighted by Gasteiger charge is -2.38. The van der Waals surface area contributed by atoms with Gasteiger partial charge in [-0.05, 0) is 49.6 Å². The third-order valence-electron chi connectivity index (χ3n) is 4.67. The van der Waals surface area contributed by atoms with Gasteiger partial charge in [-0.3, -0.25) is 10.1 Å². The molecule has 25 heavy (non-hydrogen) atoms. The van der Waals surface area contributed by atoms with Crippen LogP contribution in [0.5, 0.6) is 0 Å². The van der Waals surface area contributed by atoms with Crippen molar-refractivity contribution in [2.24, 2.45) is 0 Å². The Hall–Kier alpha value is -2.24. The third kappa shape index (κ3) is 4.44. The fraction of sp³-hybridized carbons (Fsp3) is 0.350. The van der Waals surface area contributed by atoms with Gasteiger partial charge in [0.2, 0.25) is 5.91 Å². The highest BCUT2D eigenvalue weighted by atomic mass is 19.1. The zero-order valence-corrected chi connectivity index (χ0v) is 14.3. The maximum absolute atomic E-state index is 13.3. The molecule has 1 saturated heterocycles. The first-order chi connectivity index (χ1) is 12.1. The molecule has 0 aliphatic carbocycles. The van der Waals surface area contributed by atoms with Gasteiger partial charge < -0.3 is 10.1 Å². The summed E-state index contributed by atoms with van der Waals surface area (Å²) in [4.78, 5) is 12.3. The zero-order chi connectivity index (χ0) is 17.7. The van der Waals surface area contributed by atoms with Gasteiger partial charge >= 0.3 is 0 Å². The molecule has 132 valence electrons. The molecule has 0 spiro atoms. The van der Waals surface area contributed by atoms with E-state index >= 15 is 0 Å². The molecule has 0 bridgehead atoms. The van der Waals surface area contributed by atoms with Crippen molar-refractivity contribution in [2.45, 2.75) is 25.3 Å². The summed E-state index contributed by atoms with van der Waals surface area (Å²) in [5.41, 5.74) is 2.55. The average molecular weight is 342 g/mol. The van der Waals surface area contributed by atoms with Gasteiger partial charge in [-0.1, -0.05) is 29.8 Å². The SMILES string of the molecule is Cc1ccc(NC(=O)CNC2(c3ccc(F)cc3)CCOCC2)cc1. The summed E-state index contributed by atoms with van der Waals surface area (Å²) in [6, 6.07) is 14.2. The van der Waals surface area contributed by atoms with Crippen LogP contribution in [0.4, 0.5) is 10.1 Å². The highest BCUT2D eigenvalue weighted by molar-refractivity contribution is 5.92. The van der Waals surface area contributed by atoms with Crippen molar-refractivity contribution in [1.82, 2.24) is 5.32 Å². The minimum absolute atomic E-state index is 0.100. The molecule has 1 aliphatic rings. The number of amides is 1. The molecule has 1 amide bonds. The van der Waals surface area contributed by atoms with Crippen LogP contribution in [0.25, 0.3) is 0 Å². The van der Waals surface area contributed by atoms with Crippen LogP contribution in [0.15, 0.2) is 48.5 Å². The molecule has 3 rings (SSSR count). The number of rotatable bonds is 5. The highest BCUT2D eigenvalue weighted by Crippen LogP contribution is 2.32. The Labute approximate surface area is 147 Å². The van der Waals surface area contributed by atoms with Gasteiger partial charge in [0.05, 0.1) is 6.54 Å². The van der Waals surface area contributed by atoms with Crippen LogP contribution < -0.4 is 10.6 Å². The van der Waals surface area contributed by atoms with Crippen LogP contribution >= 0.6 is 0 Å². The third-order valence-corrected chi connectivity index (χ3v) is 4.67. The Morgan fingerprint density at radius 2 is 1.72 bits per heavy atom. The molecule has 2 aromatic carbocycles. The second kappa shape index (κ2) is 7.76. The summed E-state index contributed by atoms with van der Waals surface area (Å²) in [6.45, 7) is 3.42. The summed E-state index contributed by atoms with van der Waals surface area (Å²) < 4.78 is 18.7. The molecule has 0 unspecified atom stereocenters. The minimum Gasteiger partial charge on any atom is -0.381 e. The number of anilines is 1. The lowest BCUT2D eigenvalue weighted by atomic mass is 9.82. The van der Waals surface area contributed by atoms with Gasteiger partial charge in [0.15, 0.2) is 0 Å². The first-order valence-electron chi connectivity index (χ1n) is 8.53. The van der Waals surface area contributed by atoms with Crippen molar-refractivity contribution in [1.29, 1.82) is 0 Å². The number of benzene rings is 2. The predicted octanol–water partition coefficient (Wildman–Crippen LogP) is 3.37. The predicted molar refractivity (Wildman–Crippen MR) is 95.9 cm³/mol. The maximum Gasteiger partial charge on any atom is 0.238 e. The molecule has 0 atom stereocenters. The van der Waals surface area contributed by atoms with Gasteiger partial charge in [0.25, 0.3) is 0 Å². The van der Waals surface area contributed by atoms with Crippen LogP contribution in [0, 0.1) is 12.7 Å². The average Bonchev–Trinajstić information content (AvgIpc) is 2.63. The van der Waals surface area contributed by atoms with E-state index in [1.165, 1.54) is 12.1 Å². The van der Waals surface area contributed by atoms with Gasteiger partial charge in [0, 0.05) is 24.4 Å². The van der Waals surface area contributed by atoms with Crippen molar-refractivity contribution in [3.05, 3.63) is 65.5 Å². The summed E-state index contributed by atoms with van der Waals surface area (Å²) >= 11 is 0. The smallest absolute Gasteiger partial charge is 0.238 e. The van der Waals surface area contributed by atoms with Crippen LogP contribution in [0.1, 0.15) is 24.0 Å². The molecule has 1 heterocycles. The summed E-state index contributed by atoms with van der Waals surface area (Å²) in [7, 11) is 0. The van der Waals surface area contributed by atoms with Crippen LogP contribution in [0.3, 0.4) is 0 Å². The van der Waals surface area contributed by atoms with Crippen molar-refractivity contribution >= 4 is 11.6 Å². The van der Waals surface area contributed by atoms with Crippen LogP contribution in [-0.4, -0.2) is 25.7 Å².